The van der Waals surface area contributed by atoms with Gasteiger partial charge in [0.25, 0.3) is 5.56 Å². The molecule has 0 aliphatic rings. The van der Waals surface area contributed by atoms with Crippen molar-refractivity contribution in [1.29, 1.82) is 0 Å². The molecule has 0 spiro atoms. The monoisotopic (exact) mass is 266 g/mol. The van der Waals surface area contributed by atoms with Crippen LogP contribution in [0.15, 0.2) is 23.1 Å². The maximum atomic E-state index is 11.7. The van der Waals surface area contributed by atoms with Gasteiger partial charge >= 0.3 is 5.97 Å². The van der Waals surface area contributed by atoms with Gasteiger partial charge in [0, 0.05) is 12.1 Å². The number of carboxylic acids is 1. The zero-order chi connectivity index (χ0) is 13.3. The second-order valence-electron chi connectivity index (χ2n) is 3.47. The lowest BCUT2D eigenvalue weighted by Crippen LogP contribution is -2.24. The highest BCUT2D eigenvalue weighted by atomic mass is 35.5. The minimum Gasteiger partial charge on any atom is -0.476 e. The first-order chi connectivity index (χ1) is 8.49. The van der Waals surface area contributed by atoms with Gasteiger partial charge in [0.15, 0.2) is 10.8 Å². The minimum atomic E-state index is -1.21. The highest BCUT2D eigenvalue weighted by Gasteiger charge is 2.13. The number of carboxylic acid groups (broad SMARTS) is 1. The highest BCUT2D eigenvalue weighted by Crippen LogP contribution is 2.09. The number of rotatable bonds is 2. The largest absolute Gasteiger partial charge is 0.476 e. The molecule has 0 bridgehead atoms. The van der Waals surface area contributed by atoms with Crippen molar-refractivity contribution in [3.8, 4) is 5.69 Å². The second kappa shape index (κ2) is 4.53. The van der Waals surface area contributed by atoms with Gasteiger partial charge < -0.3 is 5.11 Å². The molecular weight excluding hydrogens is 260 g/mol. The van der Waals surface area contributed by atoms with Gasteiger partial charge in [-0.25, -0.2) is 4.79 Å². The van der Waals surface area contributed by atoms with Crippen molar-refractivity contribution in [1.82, 2.24) is 20.0 Å². The molecule has 0 atom stereocenters. The van der Waals surface area contributed by atoms with Crippen LogP contribution < -0.4 is 5.56 Å². The fourth-order valence-electron chi connectivity index (χ4n) is 1.39. The Morgan fingerprint density at radius 2 is 2.17 bits per heavy atom. The summed E-state index contributed by atoms with van der Waals surface area (Å²) in [5.74, 6) is -1.21. The van der Waals surface area contributed by atoms with Gasteiger partial charge in [-0.05, 0) is 12.5 Å². The highest BCUT2D eigenvalue weighted by molar-refractivity contribution is 6.29. The molecule has 18 heavy (non-hydrogen) atoms. The van der Waals surface area contributed by atoms with E-state index in [2.05, 4.69) is 15.3 Å². The average molecular weight is 267 g/mol. The molecule has 7 nitrogen and oxygen atoms in total. The molecule has 2 aromatic rings. The van der Waals surface area contributed by atoms with Crippen LogP contribution in [0.25, 0.3) is 5.69 Å². The Balaban J connectivity index is 2.68. The smallest absolute Gasteiger partial charge is 0.356 e. The van der Waals surface area contributed by atoms with Crippen LogP contribution >= 0.6 is 11.6 Å². The van der Waals surface area contributed by atoms with E-state index in [1.165, 1.54) is 25.3 Å². The van der Waals surface area contributed by atoms with Crippen LogP contribution in [0.4, 0.5) is 0 Å². The number of hydrogen-bond donors (Lipinski definition) is 1. The molecule has 0 aliphatic carbocycles. The third-order valence-corrected chi connectivity index (χ3v) is 2.36. The zero-order valence-corrected chi connectivity index (χ0v) is 9.92. The van der Waals surface area contributed by atoms with E-state index in [1.807, 2.05) is 0 Å². The molecule has 0 aliphatic heterocycles. The lowest BCUT2D eigenvalue weighted by molar-refractivity contribution is 0.0687. The Morgan fingerprint density at radius 1 is 1.44 bits per heavy atom. The van der Waals surface area contributed by atoms with Crippen molar-refractivity contribution in [2.45, 2.75) is 6.92 Å². The molecule has 0 unspecified atom stereocenters. The van der Waals surface area contributed by atoms with Gasteiger partial charge in [-0.3, -0.25) is 4.79 Å². The third-order valence-electron chi connectivity index (χ3n) is 2.18. The molecular formula is C10H7ClN4O3. The van der Waals surface area contributed by atoms with E-state index in [0.717, 1.165) is 4.68 Å². The Hall–Kier alpha value is -2.28. The van der Waals surface area contributed by atoms with Gasteiger partial charge in [-0.2, -0.15) is 14.9 Å². The molecule has 0 aromatic carbocycles. The number of aromatic carboxylic acids is 1. The summed E-state index contributed by atoms with van der Waals surface area (Å²) in [5.41, 5.74) is -0.136. The van der Waals surface area contributed by atoms with Crippen molar-refractivity contribution in [2.75, 3.05) is 0 Å². The number of nitrogens with zero attached hydrogens (tertiary/aromatic N) is 4. The molecule has 0 radical (unpaired) electrons. The van der Waals surface area contributed by atoms with E-state index in [-0.39, 0.29) is 22.1 Å². The maximum absolute atomic E-state index is 11.7. The number of hydrogen-bond acceptors (Lipinski definition) is 5. The van der Waals surface area contributed by atoms with Crippen LogP contribution in [-0.2, 0) is 0 Å². The molecule has 1 N–H and O–H groups in total. The predicted molar refractivity (Wildman–Crippen MR) is 62.1 cm³/mol. The molecule has 2 aromatic heterocycles. The summed E-state index contributed by atoms with van der Waals surface area (Å²) < 4.78 is 0.914. The first-order valence-corrected chi connectivity index (χ1v) is 5.19. The number of aromatic nitrogens is 4. The van der Waals surface area contributed by atoms with Crippen LogP contribution in [-0.4, -0.2) is 31.1 Å². The molecule has 8 heteroatoms. The van der Waals surface area contributed by atoms with Crippen LogP contribution in [0.1, 0.15) is 16.1 Å². The van der Waals surface area contributed by atoms with E-state index in [0.29, 0.717) is 0 Å². The lowest BCUT2D eigenvalue weighted by Gasteiger charge is -2.06. The van der Waals surface area contributed by atoms with Gasteiger partial charge in [0.05, 0.1) is 11.9 Å². The van der Waals surface area contributed by atoms with Crippen LogP contribution in [0.5, 0.6) is 0 Å². The summed E-state index contributed by atoms with van der Waals surface area (Å²) in [5, 5.41) is 19.9. The second-order valence-corrected chi connectivity index (χ2v) is 3.85. The molecule has 0 amide bonds. The average Bonchev–Trinajstić information content (AvgIpc) is 2.28. The standard InChI is InChI=1S/C10H7ClN4O3/c1-5-2-8(16)15(14-9(5)10(17)18)6-3-7(11)13-12-4-6/h2-4H,1H3,(H,17,18). The first-order valence-electron chi connectivity index (χ1n) is 4.82. The Morgan fingerprint density at radius 3 is 2.78 bits per heavy atom. The molecule has 0 saturated heterocycles. The molecule has 2 heterocycles. The number of aryl methyl sites for hydroxylation is 1. The van der Waals surface area contributed by atoms with E-state index in [4.69, 9.17) is 16.7 Å². The zero-order valence-electron chi connectivity index (χ0n) is 9.16. The normalized spacial score (nSPS) is 10.3. The van der Waals surface area contributed by atoms with Crippen molar-refractivity contribution in [3.63, 3.8) is 0 Å². The topological polar surface area (TPSA) is 98.0 Å². The Bertz CT molecular complexity index is 683. The van der Waals surface area contributed by atoms with E-state index < -0.39 is 11.5 Å². The van der Waals surface area contributed by atoms with Crippen LogP contribution in [0, 0.1) is 6.92 Å². The van der Waals surface area contributed by atoms with Crippen molar-refractivity contribution >= 4 is 17.6 Å². The van der Waals surface area contributed by atoms with Crippen molar-refractivity contribution in [3.05, 3.63) is 45.1 Å². The van der Waals surface area contributed by atoms with Gasteiger partial charge in [-0.15, -0.1) is 5.10 Å². The summed E-state index contributed by atoms with van der Waals surface area (Å²) in [4.78, 5) is 22.7. The SMILES string of the molecule is Cc1cc(=O)n(-c2cnnc(Cl)c2)nc1C(=O)O. The predicted octanol–water partition coefficient (Wildman–Crippen LogP) is 0.683. The van der Waals surface area contributed by atoms with Crippen LogP contribution in [0.2, 0.25) is 5.15 Å². The summed E-state index contributed by atoms with van der Waals surface area (Å²) >= 11 is 5.65. The molecule has 92 valence electrons. The lowest BCUT2D eigenvalue weighted by atomic mass is 10.2. The fraction of sp³-hybridized carbons (Fsp3) is 0.100. The Labute approximate surface area is 106 Å². The van der Waals surface area contributed by atoms with Gasteiger partial charge in [0.1, 0.15) is 0 Å². The summed E-state index contributed by atoms with van der Waals surface area (Å²) in [6.45, 7) is 1.50. The first kappa shape index (κ1) is 12.2. The summed E-state index contributed by atoms with van der Waals surface area (Å²) in [7, 11) is 0. The molecule has 0 saturated carbocycles. The van der Waals surface area contributed by atoms with Gasteiger partial charge in [-0.1, -0.05) is 11.6 Å². The maximum Gasteiger partial charge on any atom is 0.356 e. The quantitative estimate of drug-likeness (QED) is 0.858. The van der Waals surface area contributed by atoms with Gasteiger partial charge in [0.2, 0.25) is 0 Å². The fourth-order valence-corrected chi connectivity index (χ4v) is 1.54. The molecule has 0 fully saturated rings. The van der Waals surface area contributed by atoms with Crippen LogP contribution in [0.3, 0.4) is 0 Å². The minimum absolute atomic E-state index is 0.0821. The number of halogens is 1. The summed E-state index contributed by atoms with van der Waals surface area (Å²) in [6, 6.07) is 2.55. The van der Waals surface area contributed by atoms with E-state index >= 15 is 0 Å². The van der Waals surface area contributed by atoms with Crippen molar-refractivity contribution < 1.29 is 9.90 Å². The summed E-state index contributed by atoms with van der Waals surface area (Å²) in [6.07, 6.45) is 1.27. The Kier molecular flexibility index (Phi) is 3.07. The molecule has 2 rings (SSSR count). The van der Waals surface area contributed by atoms with E-state index in [9.17, 15) is 9.59 Å². The van der Waals surface area contributed by atoms with E-state index in [1.54, 1.807) is 0 Å². The van der Waals surface area contributed by atoms with Crippen molar-refractivity contribution in [2.24, 2.45) is 0 Å². The third kappa shape index (κ3) is 2.21. The number of carbonyl (C=O) groups is 1.